The first-order valence-corrected chi connectivity index (χ1v) is 12.6. The lowest BCUT2D eigenvalue weighted by molar-refractivity contribution is 0.282. The number of hydrogen-bond acceptors (Lipinski definition) is 4. The summed E-state index contributed by atoms with van der Waals surface area (Å²) in [6, 6.07) is 27.7. The van der Waals surface area contributed by atoms with E-state index in [0.29, 0.717) is 11.2 Å². The summed E-state index contributed by atoms with van der Waals surface area (Å²) in [6.45, 7) is 6.47. The molecule has 0 unspecified atom stereocenters. The highest BCUT2D eigenvalue weighted by molar-refractivity contribution is 7.99. The third-order valence-corrected chi connectivity index (χ3v) is 7.68. The van der Waals surface area contributed by atoms with Crippen LogP contribution in [-0.4, -0.2) is 28.4 Å². The summed E-state index contributed by atoms with van der Waals surface area (Å²) >= 11 is 1.87. The third-order valence-electron chi connectivity index (χ3n) is 6.49. The van der Waals surface area contributed by atoms with Gasteiger partial charge in [0.05, 0.1) is 17.1 Å². The quantitative estimate of drug-likeness (QED) is 0.344. The van der Waals surface area contributed by atoms with Gasteiger partial charge in [-0.25, -0.2) is 4.98 Å². The molecule has 1 fully saturated rings. The van der Waals surface area contributed by atoms with Crippen LogP contribution in [0.25, 0.3) is 22.0 Å². The fourth-order valence-electron chi connectivity index (χ4n) is 4.78. The molecule has 0 aliphatic carbocycles. The molecule has 0 bridgehead atoms. The van der Waals surface area contributed by atoms with Gasteiger partial charge in [0.25, 0.3) is 0 Å². The highest BCUT2D eigenvalue weighted by Gasteiger charge is 2.26. The molecule has 1 saturated heterocycles. The Labute approximate surface area is 200 Å². The van der Waals surface area contributed by atoms with E-state index < -0.39 is 0 Å². The Morgan fingerprint density at radius 2 is 1.82 bits per heavy atom. The highest BCUT2D eigenvalue weighted by atomic mass is 32.2. The van der Waals surface area contributed by atoms with Crippen LogP contribution in [0.15, 0.2) is 83.9 Å². The molecule has 0 spiro atoms. The average Bonchev–Trinajstić information content (AvgIpc) is 3.31. The number of benzene rings is 3. The lowest BCUT2D eigenvalue weighted by atomic mass is 9.91. The number of para-hydroxylation sites is 1. The number of nitrogens with zero attached hydrogens (tertiary/aromatic N) is 2. The Balaban J connectivity index is 1.34. The Morgan fingerprint density at radius 3 is 2.67 bits per heavy atom. The van der Waals surface area contributed by atoms with Crippen molar-refractivity contribution in [3.8, 4) is 11.1 Å². The van der Waals surface area contributed by atoms with Crippen LogP contribution in [0.3, 0.4) is 0 Å². The van der Waals surface area contributed by atoms with Crippen molar-refractivity contribution in [1.82, 2.24) is 4.98 Å². The molecule has 5 rings (SSSR count). The van der Waals surface area contributed by atoms with E-state index in [1.54, 1.807) is 0 Å². The molecule has 1 aromatic heterocycles. The maximum absolute atomic E-state index is 10.2. The zero-order valence-electron chi connectivity index (χ0n) is 19.2. The van der Waals surface area contributed by atoms with Gasteiger partial charge in [-0.3, -0.25) is 0 Å². The van der Waals surface area contributed by atoms with Crippen LogP contribution in [-0.2, 0) is 6.61 Å². The molecule has 3 aromatic carbocycles. The Bertz CT molecular complexity index is 1270. The topological polar surface area (TPSA) is 36.4 Å². The van der Waals surface area contributed by atoms with Gasteiger partial charge in [0.2, 0.25) is 0 Å². The normalized spacial score (nSPS) is 16.1. The molecule has 1 N–H and O–H groups in total. The number of pyridine rings is 1. The van der Waals surface area contributed by atoms with E-state index in [-0.39, 0.29) is 6.61 Å². The molecule has 33 heavy (non-hydrogen) atoms. The first kappa shape index (κ1) is 22.0. The predicted octanol–water partition coefficient (Wildman–Crippen LogP) is 6.89. The van der Waals surface area contributed by atoms with E-state index in [1.807, 2.05) is 17.8 Å². The number of aliphatic hydroxyl groups is 1. The summed E-state index contributed by atoms with van der Waals surface area (Å²) in [5.74, 6) is 0.457. The molecule has 0 radical (unpaired) electrons. The summed E-state index contributed by atoms with van der Waals surface area (Å²) in [5.41, 5.74) is 6.98. The fourth-order valence-corrected chi connectivity index (χ4v) is 5.90. The number of aromatic nitrogens is 1. The number of fused-ring (bicyclic) bond motifs is 1. The molecule has 0 amide bonds. The average molecular weight is 455 g/mol. The molecule has 4 heteroatoms. The zero-order valence-corrected chi connectivity index (χ0v) is 20.1. The van der Waals surface area contributed by atoms with E-state index in [9.17, 15) is 5.11 Å². The summed E-state index contributed by atoms with van der Waals surface area (Å²) in [6.07, 6.45) is 1.11. The summed E-state index contributed by atoms with van der Waals surface area (Å²) in [4.78, 5) is 7.26. The third kappa shape index (κ3) is 4.64. The van der Waals surface area contributed by atoms with Crippen LogP contribution < -0.4 is 4.90 Å². The monoisotopic (exact) mass is 454 g/mol. The van der Waals surface area contributed by atoms with Gasteiger partial charge in [-0.1, -0.05) is 68.4 Å². The van der Waals surface area contributed by atoms with Gasteiger partial charge in [0, 0.05) is 35.0 Å². The van der Waals surface area contributed by atoms with Crippen molar-refractivity contribution in [1.29, 1.82) is 0 Å². The van der Waals surface area contributed by atoms with E-state index in [2.05, 4.69) is 91.5 Å². The molecule has 1 atom stereocenters. The molecule has 4 aromatic rings. The second kappa shape index (κ2) is 9.58. The molecular formula is C29H30N2OS. The van der Waals surface area contributed by atoms with Crippen molar-refractivity contribution in [2.24, 2.45) is 0 Å². The van der Waals surface area contributed by atoms with E-state index in [0.717, 1.165) is 41.3 Å². The highest BCUT2D eigenvalue weighted by Crippen LogP contribution is 2.36. The van der Waals surface area contributed by atoms with Gasteiger partial charge in [0.15, 0.2) is 0 Å². The summed E-state index contributed by atoms with van der Waals surface area (Å²) in [7, 11) is 0. The van der Waals surface area contributed by atoms with Crippen molar-refractivity contribution in [3.63, 3.8) is 0 Å². The van der Waals surface area contributed by atoms with Gasteiger partial charge in [-0.05, 0) is 53.3 Å². The Hall–Kier alpha value is -2.82. The van der Waals surface area contributed by atoms with Crippen molar-refractivity contribution >= 4 is 28.4 Å². The number of thioether (sulfide) groups is 1. The van der Waals surface area contributed by atoms with Crippen LogP contribution in [0.4, 0.5) is 5.69 Å². The molecule has 1 aliphatic rings. The molecule has 1 aliphatic heterocycles. The van der Waals surface area contributed by atoms with E-state index in [1.165, 1.54) is 22.1 Å². The summed E-state index contributed by atoms with van der Waals surface area (Å²) in [5, 5.41) is 12.9. The minimum absolute atomic E-state index is 0.0492. The lowest BCUT2D eigenvalue weighted by Gasteiger charge is -2.23. The van der Waals surface area contributed by atoms with Crippen LogP contribution in [0.5, 0.6) is 0 Å². The smallest absolute Gasteiger partial charge is 0.0970 e. The van der Waals surface area contributed by atoms with Crippen molar-refractivity contribution in [2.45, 2.75) is 43.1 Å². The molecule has 168 valence electrons. The first-order chi connectivity index (χ1) is 16.1. The van der Waals surface area contributed by atoms with Gasteiger partial charge in [-0.15, -0.1) is 11.8 Å². The van der Waals surface area contributed by atoms with Gasteiger partial charge >= 0.3 is 0 Å². The van der Waals surface area contributed by atoms with Crippen LogP contribution in [0, 0.1) is 0 Å². The minimum atomic E-state index is 0.0492. The Morgan fingerprint density at radius 1 is 1.00 bits per heavy atom. The van der Waals surface area contributed by atoms with Gasteiger partial charge in [0.1, 0.15) is 0 Å². The molecule has 0 saturated carbocycles. The van der Waals surface area contributed by atoms with Crippen molar-refractivity contribution in [2.75, 3.05) is 18.0 Å². The minimum Gasteiger partial charge on any atom is -0.392 e. The summed E-state index contributed by atoms with van der Waals surface area (Å²) < 4.78 is 0. The number of aliphatic hydroxyl groups excluding tert-OH is 1. The predicted molar refractivity (Wildman–Crippen MR) is 140 cm³/mol. The van der Waals surface area contributed by atoms with Crippen molar-refractivity contribution in [3.05, 3.63) is 90.0 Å². The molecular weight excluding hydrogens is 424 g/mol. The molecule has 3 nitrogen and oxygen atoms in total. The fraction of sp³-hybridized carbons (Fsp3) is 0.276. The number of anilines is 1. The van der Waals surface area contributed by atoms with Crippen LogP contribution in [0.2, 0.25) is 0 Å². The van der Waals surface area contributed by atoms with Crippen molar-refractivity contribution < 1.29 is 5.11 Å². The lowest BCUT2D eigenvalue weighted by Crippen LogP contribution is -2.21. The van der Waals surface area contributed by atoms with Crippen LogP contribution >= 0.6 is 11.8 Å². The largest absolute Gasteiger partial charge is 0.392 e. The maximum atomic E-state index is 10.2. The number of rotatable bonds is 6. The first-order valence-electron chi connectivity index (χ1n) is 11.7. The van der Waals surface area contributed by atoms with Crippen LogP contribution in [0.1, 0.15) is 37.3 Å². The standard InChI is InChI=1S/C29H30N2OS/c1-20(2)25-8-4-5-9-26(25)22-11-13-28(23(17-22)19-32)31-16-15-24(18-31)33-29-14-12-21-7-3-6-10-27(21)30-29/h3-14,17,20,24,32H,15-16,18-19H2,1-2H3/t24-/m0/s1. The maximum Gasteiger partial charge on any atom is 0.0970 e. The second-order valence-electron chi connectivity index (χ2n) is 9.06. The number of hydrogen-bond donors (Lipinski definition) is 1. The zero-order chi connectivity index (χ0) is 22.8. The Kier molecular flexibility index (Phi) is 6.39. The van der Waals surface area contributed by atoms with E-state index in [4.69, 9.17) is 4.98 Å². The SMILES string of the molecule is CC(C)c1ccccc1-c1ccc(N2CC[C@H](Sc3ccc4ccccc4n3)C2)c(CO)c1. The molecule has 2 heterocycles. The van der Waals surface area contributed by atoms with E-state index >= 15 is 0 Å². The second-order valence-corrected chi connectivity index (χ2v) is 10.4. The van der Waals surface area contributed by atoms with Gasteiger partial charge < -0.3 is 10.0 Å². The van der Waals surface area contributed by atoms with Gasteiger partial charge in [-0.2, -0.15) is 0 Å².